The Kier molecular flexibility index (Phi) is 8.75. The Labute approximate surface area is 243 Å². The minimum Gasteiger partial charge on any atom is -0.325 e. The molecule has 214 valence electrons. The second kappa shape index (κ2) is 11.9. The first-order chi connectivity index (χ1) is 19.3. The van der Waals surface area contributed by atoms with E-state index in [0.29, 0.717) is 10.5 Å². The van der Waals surface area contributed by atoms with Gasteiger partial charge in [0.2, 0.25) is 5.91 Å². The van der Waals surface area contributed by atoms with Gasteiger partial charge in [0.15, 0.2) is 0 Å². The van der Waals surface area contributed by atoms with Crippen molar-refractivity contribution in [2.75, 3.05) is 20.9 Å². The van der Waals surface area contributed by atoms with Gasteiger partial charge in [0.05, 0.1) is 21.0 Å². The summed E-state index contributed by atoms with van der Waals surface area (Å²) in [6, 6.07) is 22.6. The van der Waals surface area contributed by atoms with E-state index in [9.17, 15) is 34.8 Å². The summed E-state index contributed by atoms with van der Waals surface area (Å²) in [6.45, 7) is -0.592. The molecule has 0 fully saturated rings. The number of nitrogens with zero attached hydrogens (tertiary/aromatic N) is 1. The monoisotopic (exact) mass is 667 g/mol. The molecule has 41 heavy (non-hydrogen) atoms. The summed E-state index contributed by atoms with van der Waals surface area (Å²) in [5, 5.41) is 2.54. The molecular formula is C27H21BrF3N3O5S2. The highest BCUT2D eigenvalue weighted by Crippen LogP contribution is 2.31. The maximum atomic E-state index is 13.4. The van der Waals surface area contributed by atoms with Gasteiger partial charge in [0.1, 0.15) is 6.54 Å². The van der Waals surface area contributed by atoms with Crippen LogP contribution in [0.3, 0.4) is 0 Å². The third kappa shape index (κ3) is 7.45. The summed E-state index contributed by atoms with van der Waals surface area (Å²) >= 11 is 3.30. The van der Waals surface area contributed by atoms with Crippen LogP contribution in [0.25, 0.3) is 0 Å². The van der Waals surface area contributed by atoms with Gasteiger partial charge in [-0.15, -0.1) is 0 Å². The zero-order chi connectivity index (χ0) is 29.8. The van der Waals surface area contributed by atoms with E-state index in [1.807, 2.05) is 0 Å². The molecular weight excluding hydrogens is 647 g/mol. The molecule has 0 aliphatic rings. The lowest BCUT2D eigenvalue weighted by molar-refractivity contribution is -0.137. The molecule has 0 aromatic heterocycles. The SMILES string of the molecule is O=C(CN(c1cccc(Br)c1)S(=O)(=O)c1ccccc1)Nc1ccc(S(=O)(=O)Nc2cccc(C(F)(F)F)c2)cc1. The number of halogens is 4. The van der Waals surface area contributed by atoms with Gasteiger partial charge < -0.3 is 5.32 Å². The Bertz CT molecular complexity index is 1770. The second-order valence-corrected chi connectivity index (χ2v) is 13.0. The van der Waals surface area contributed by atoms with Gasteiger partial charge in [0.25, 0.3) is 20.0 Å². The van der Waals surface area contributed by atoms with Crippen LogP contribution in [0, 0.1) is 0 Å². The van der Waals surface area contributed by atoms with Crippen molar-refractivity contribution in [1.29, 1.82) is 0 Å². The Hall–Kier alpha value is -3.88. The van der Waals surface area contributed by atoms with E-state index in [0.717, 1.165) is 28.6 Å². The lowest BCUT2D eigenvalue weighted by Gasteiger charge is -2.24. The molecule has 0 spiro atoms. The van der Waals surface area contributed by atoms with Gasteiger partial charge >= 0.3 is 6.18 Å². The normalized spacial score (nSPS) is 12.0. The van der Waals surface area contributed by atoms with E-state index < -0.39 is 44.2 Å². The fourth-order valence-corrected chi connectivity index (χ4v) is 6.56. The van der Waals surface area contributed by atoms with Gasteiger partial charge in [-0.1, -0.05) is 46.3 Å². The van der Waals surface area contributed by atoms with Crippen LogP contribution < -0.4 is 14.3 Å². The average molecular weight is 669 g/mol. The predicted octanol–water partition coefficient (Wildman–Crippen LogP) is 6.10. The Balaban J connectivity index is 1.51. The lowest BCUT2D eigenvalue weighted by Crippen LogP contribution is -2.38. The summed E-state index contributed by atoms with van der Waals surface area (Å²) in [4.78, 5) is 12.7. The van der Waals surface area contributed by atoms with Gasteiger partial charge in [-0.25, -0.2) is 16.8 Å². The summed E-state index contributed by atoms with van der Waals surface area (Å²) in [7, 11) is -8.38. The van der Waals surface area contributed by atoms with E-state index >= 15 is 0 Å². The third-order valence-electron chi connectivity index (χ3n) is 5.61. The Morgan fingerprint density at radius 1 is 0.756 bits per heavy atom. The zero-order valence-corrected chi connectivity index (χ0v) is 24.1. The first kappa shape index (κ1) is 30.1. The van der Waals surface area contributed by atoms with E-state index in [4.69, 9.17) is 0 Å². The van der Waals surface area contributed by atoms with Crippen LogP contribution in [0.15, 0.2) is 117 Å². The third-order valence-corrected chi connectivity index (χ3v) is 9.28. The smallest absolute Gasteiger partial charge is 0.325 e. The summed E-state index contributed by atoms with van der Waals surface area (Å²) in [5.74, 6) is -0.706. The molecule has 0 aliphatic carbocycles. The fraction of sp³-hybridized carbons (Fsp3) is 0.0741. The minimum atomic E-state index is -4.64. The van der Waals surface area contributed by atoms with Crippen LogP contribution >= 0.6 is 15.9 Å². The molecule has 0 radical (unpaired) electrons. The zero-order valence-electron chi connectivity index (χ0n) is 20.8. The fourth-order valence-electron chi connectivity index (χ4n) is 3.69. The highest BCUT2D eigenvalue weighted by molar-refractivity contribution is 9.10. The number of carbonyl (C=O) groups excluding carboxylic acids is 1. The number of alkyl halides is 3. The van der Waals surface area contributed by atoms with Crippen molar-refractivity contribution in [3.8, 4) is 0 Å². The first-order valence-corrected chi connectivity index (χ1v) is 15.4. The van der Waals surface area contributed by atoms with Crippen molar-refractivity contribution in [3.05, 3.63) is 113 Å². The van der Waals surface area contributed by atoms with E-state index in [1.165, 1.54) is 36.4 Å². The quantitative estimate of drug-likeness (QED) is 0.224. The highest BCUT2D eigenvalue weighted by Gasteiger charge is 2.31. The molecule has 14 heteroatoms. The predicted molar refractivity (Wildman–Crippen MR) is 152 cm³/mol. The largest absolute Gasteiger partial charge is 0.416 e. The number of rotatable bonds is 9. The van der Waals surface area contributed by atoms with Crippen molar-refractivity contribution in [3.63, 3.8) is 0 Å². The average Bonchev–Trinajstić information content (AvgIpc) is 2.92. The van der Waals surface area contributed by atoms with Gasteiger partial charge in [-0.2, -0.15) is 13.2 Å². The number of anilines is 3. The molecule has 0 saturated carbocycles. The second-order valence-electron chi connectivity index (χ2n) is 8.56. The van der Waals surface area contributed by atoms with Crippen molar-refractivity contribution in [2.45, 2.75) is 16.0 Å². The number of amides is 1. The number of hydrogen-bond acceptors (Lipinski definition) is 5. The summed E-state index contributed by atoms with van der Waals surface area (Å²) in [6.07, 6.45) is -4.64. The number of hydrogen-bond donors (Lipinski definition) is 2. The molecule has 8 nitrogen and oxygen atoms in total. The Morgan fingerprint density at radius 3 is 2.05 bits per heavy atom. The molecule has 0 saturated heterocycles. The lowest BCUT2D eigenvalue weighted by atomic mass is 10.2. The van der Waals surface area contributed by atoms with Crippen LogP contribution in [0.4, 0.5) is 30.2 Å². The maximum absolute atomic E-state index is 13.4. The first-order valence-electron chi connectivity index (χ1n) is 11.7. The van der Waals surface area contributed by atoms with E-state index in [1.54, 1.807) is 36.4 Å². The van der Waals surface area contributed by atoms with Crippen molar-refractivity contribution in [1.82, 2.24) is 0 Å². The topological polar surface area (TPSA) is 113 Å². The van der Waals surface area contributed by atoms with Crippen LogP contribution in [0.1, 0.15) is 5.56 Å². The van der Waals surface area contributed by atoms with Crippen molar-refractivity contribution < 1.29 is 34.8 Å². The number of nitrogens with one attached hydrogen (secondary N) is 2. The summed E-state index contributed by atoms with van der Waals surface area (Å²) < 4.78 is 94.8. The van der Waals surface area contributed by atoms with E-state index in [-0.39, 0.29) is 26.9 Å². The van der Waals surface area contributed by atoms with Gasteiger partial charge in [-0.05, 0) is 72.8 Å². The minimum absolute atomic E-state index is 0.0180. The number of benzene rings is 4. The highest BCUT2D eigenvalue weighted by atomic mass is 79.9. The van der Waals surface area contributed by atoms with E-state index in [2.05, 4.69) is 26.0 Å². The molecule has 0 aliphatic heterocycles. The summed E-state index contributed by atoms with van der Waals surface area (Å²) in [5.41, 5.74) is -0.883. The van der Waals surface area contributed by atoms with Crippen molar-refractivity contribution >= 4 is 58.9 Å². The van der Waals surface area contributed by atoms with Crippen molar-refractivity contribution in [2.24, 2.45) is 0 Å². The Morgan fingerprint density at radius 2 is 1.41 bits per heavy atom. The standard InChI is InChI=1S/C27H21BrF3N3O5S2/c28-20-7-5-9-23(17-20)34(41(38,39)25-10-2-1-3-11-25)18-26(35)32-21-12-14-24(15-13-21)40(36,37)33-22-8-4-6-19(16-22)27(29,30)31/h1-17,33H,18H2,(H,32,35). The number of sulfonamides is 2. The molecule has 0 atom stereocenters. The van der Waals surface area contributed by atoms with Crippen LogP contribution in [0.2, 0.25) is 0 Å². The number of carbonyl (C=O) groups is 1. The molecule has 2 N–H and O–H groups in total. The molecule has 0 bridgehead atoms. The maximum Gasteiger partial charge on any atom is 0.416 e. The molecule has 0 heterocycles. The van der Waals surface area contributed by atoms with Gasteiger partial charge in [-0.3, -0.25) is 13.8 Å². The molecule has 4 aromatic rings. The molecule has 0 unspecified atom stereocenters. The van der Waals surface area contributed by atoms with Gasteiger partial charge in [0, 0.05) is 15.8 Å². The molecule has 4 rings (SSSR count). The van der Waals surface area contributed by atoms with Crippen LogP contribution in [-0.4, -0.2) is 29.3 Å². The van der Waals surface area contributed by atoms with Crippen LogP contribution in [0.5, 0.6) is 0 Å². The molecule has 1 amide bonds. The van der Waals surface area contributed by atoms with Crippen LogP contribution in [-0.2, 0) is 31.0 Å². The molecule has 4 aromatic carbocycles.